The Kier molecular flexibility index (Phi) is 6.13. The van der Waals surface area contributed by atoms with Crippen LogP contribution in [0, 0.1) is 5.92 Å². The minimum absolute atomic E-state index is 0.0214. The number of rotatable bonds is 5. The molecule has 1 amide bonds. The molecule has 1 aliphatic heterocycles. The number of likely N-dealkylation sites (tertiary alicyclic amines) is 1. The zero-order valence-corrected chi connectivity index (χ0v) is 17.2. The topological polar surface area (TPSA) is 92.5 Å². The fourth-order valence-electron chi connectivity index (χ4n) is 2.98. The van der Waals surface area contributed by atoms with Crippen molar-refractivity contribution < 1.29 is 13.2 Å². The molecule has 140 valence electrons. The average Bonchev–Trinajstić information content (AvgIpc) is 3.00. The van der Waals surface area contributed by atoms with Gasteiger partial charge in [0.15, 0.2) is 0 Å². The lowest BCUT2D eigenvalue weighted by Gasteiger charge is -2.30. The molecule has 2 aromatic rings. The third kappa shape index (κ3) is 5.14. The lowest BCUT2D eigenvalue weighted by atomic mass is 9.96. The molecular weight excluding hydrogens is 438 g/mol. The predicted molar refractivity (Wildman–Crippen MR) is 106 cm³/mol. The van der Waals surface area contributed by atoms with E-state index in [0.717, 1.165) is 36.3 Å². The molecule has 0 radical (unpaired) electrons. The van der Waals surface area contributed by atoms with Crippen LogP contribution in [0.5, 0.6) is 0 Å². The third-order valence-electron chi connectivity index (χ3n) is 4.42. The number of carbonyl (C=O) groups is 1. The van der Waals surface area contributed by atoms with Crippen molar-refractivity contribution >= 4 is 48.9 Å². The average molecular weight is 458 g/mol. The summed E-state index contributed by atoms with van der Waals surface area (Å²) in [7, 11) is -3.72. The van der Waals surface area contributed by atoms with Crippen molar-refractivity contribution in [3.05, 3.63) is 45.1 Å². The van der Waals surface area contributed by atoms with E-state index in [1.165, 1.54) is 17.0 Å². The summed E-state index contributed by atoms with van der Waals surface area (Å²) in [4.78, 5) is 16.2. The largest absolute Gasteiger partial charge is 0.326 e. The van der Waals surface area contributed by atoms with Gasteiger partial charge in [-0.3, -0.25) is 9.69 Å². The normalized spacial score (nSPS) is 16.5. The lowest BCUT2D eigenvalue weighted by Crippen LogP contribution is -2.37. The second-order valence-corrected chi connectivity index (χ2v) is 10.4. The minimum atomic E-state index is -3.72. The van der Waals surface area contributed by atoms with Crippen molar-refractivity contribution in [1.29, 1.82) is 0 Å². The molecule has 26 heavy (non-hydrogen) atoms. The third-order valence-corrected chi connectivity index (χ3v) is 6.95. The lowest BCUT2D eigenvalue weighted by molar-refractivity contribution is -0.121. The number of nitrogens with two attached hydrogens (primary N) is 1. The van der Waals surface area contributed by atoms with Crippen LogP contribution < -0.4 is 10.5 Å². The van der Waals surface area contributed by atoms with E-state index in [-0.39, 0.29) is 16.7 Å². The number of carbonyl (C=O) groups excluding carboxylic acids is 1. The van der Waals surface area contributed by atoms with Gasteiger partial charge in [-0.05, 0) is 78.3 Å². The van der Waals surface area contributed by atoms with Crippen LogP contribution in [0.15, 0.2) is 45.1 Å². The van der Waals surface area contributed by atoms with Crippen LogP contribution in [0.3, 0.4) is 0 Å². The van der Waals surface area contributed by atoms with Gasteiger partial charge in [-0.15, -0.1) is 11.3 Å². The summed E-state index contributed by atoms with van der Waals surface area (Å²) in [6.07, 6.45) is 1.63. The van der Waals surface area contributed by atoms with E-state index in [9.17, 15) is 13.2 Å². The molecular formula is C17H20BrN3O3S2. The highest BCUT2D eigenvalue weighted by Crippen LogP contribution is 2.26. The maximum atomic E-state index is 12.4. The molecule has 0 unspecified atom stereocenters. The molecule has 3 N–H and O–H groups in total. The molecule has 6 nitrogen and oxygen atoms in total. The van der Waals surface area contributed by atoms with Gasteiger partial charge in [-0.2, -0.15) is 0 Å². The van der Waals surface area contributed by atoms with Crippen LogP contribution in [0.4, 0.5) is 5.69 Å². The van der Waals surface area contributed by atoms with Gasteiger partial charge in [0, 0.05) is 23.0 Å². The van der Waals surface area contributed by atoms with Crippen LogP contribution in [0.25, 0.3) is 0 Å². The minimum Gasteiger partial charge on any atom is -0.326 e. The first-order chi connectivity index (χ1) is 12.3. The van der Waals surface area contributed by atoms with Crippen LogP contribution in [-0.2, 0) is 21.4 Å². The molecule has 0 atom stereocenters. The molecule has 0 saturated carbocycles. The zero-order chi connectivity index (χ0) is 18.7. The molecule has 1 aromatic carbocycles. The van der Waals surface area contributed by atoms with Crippen LogP contribution >= 0.6 is 27.3 Å². The van der Waals surface area contributed by atoms with E-state index in [1.54, 1.807) is 23.5 Å². The second-order valence-electron chi connectivity index (χ2n) is 6.31. The number of nitrogens with one attached hydrogen (secondary N) is 1. The Morgan fingerprint density at radius 2 is 1.85 bits per heavy atom. The highest BCUT2D eigenvalue weighted by atomic mass is 79.9. The standard InChI is InChI=1S/C17H20BrN3O3S2/c18-16-6-3-14(25-16)11-21-9-7-12(8-10-21)17(22)20-13-1-4-15(5-2-13)26(19,23)24/h1-6,12H,7-11H2,(H,20,22)(H2,19,23,24). The van der Waals surface area contributed by atoms with Crippen LogP contribution in [-0.4, -0.2) is 32.3 Å². The zero-order valence-electron chi connectivity index (χ0n) is 14.0. The maximum absolute atomic E-state index is 12.4. The molecule has 0 aliphatic carbocycles. The Balaban J connectivity index is 1.50. The van der Waals surface area contributed by atoms with Gasteiger partial charge in [-0.25, -0.2) is 13.6 Å². The number of sulfonamides is 1. The molecule has 1 saturated heterocycles. The van der Waals surface area contributed by atoms with Gasteiger partial charge in [0.05, 0.1) is 8.68 Å². The summed E-state index contributed by atoms with van der Waals surface area (Å²) >= 11 is 5.22. The summed E-state index contributed by atoms with van der Waals surface area (Å²) in [5.74, 6) is -0.0499. The van der Waals surface area contributed by atoms with Crippen molar-refractivity contribution in [3.63, 3.8) is 0 Å². The highest BCUT2D eigenvalue weighted by Gasteiger charge is 2.25. The van der Waals surface area contributed by atoms with Crippen molar-refractivity contribution in [1.82, 2.24) is 4.90 Å². The smallest absolute Gasteiger partial charge is 0.238 e. The monoisotopic (exact) mass is 457 g/mol. The fraction of sp³-hybridized carbons (Fsp3) is 0.353. The fourth-order valence-corrected chi connectivity index (χ4v) is 5.02. The molecule has 0 bridgehead atoms. The molecule has 1 aromatic heterocycles. The number of hydrogen-bond donors (Lipinski definition) is 2. The summed E-state index contributed by atoms with van der Waals surface area (Å²) in [5, 5.41) is 7.93. The number of halogens is 1. The highest BCUT2D eigenvalue weighted by molar-refractivity contribution is 9.11. The van der Waals surface area contributed by atoms with E-state index in [4.69, 9.17) is 5.14 Å². The van der Waals surface area contributed by atoms with E-state index in [2.05, 4.69) is 38.3 Å². The van der Waals surface area contributed by atoms with Gasteiger partial charge in [0.1, 0.15) is 0 Å². The second kappa shape index (κ2) is 8.18. The van der Waals surface area contributed by atoms with Gasteiger partial charge in [-0.1, -0.05) is 0 Å². The van der Waals surface area contributed by atoms with Crippen molar-refractivity contribution in [2.24, 2.45) is 11.1 Å². The summed E-state index contributed by atoms with van der Waals surface area (Å²) in [5.41, 5.74) is 0.577. The van der Waals surface area contributed by atoms with Crippen molar-refractivity contribution in [3.8, 4) is 0 Å². The molecule has 9 heteroatoms. The quantitative estimate of drug-likeness (QED) is 0.721. The van der Waals surface area contributed by atoms with Gasteiger partial charge in [0.25, 0.3) is 0 Å². The Hall–Kier alpha value is -1.26. The van der Waals surface area contributed by atoms with Crippen LogP contribution in [0.2, 0.25) is 0 Å². The van der Waals surface area contributed by atoms with Gasteiger partial charge < -0.3 is 5.32 Å². The number of piperidine rings is 1. The number of amides is 1. The SMILES string of the molecule is NS(=O)(=O)c1ccc(NC(=O)C2CCN(Cc3ccc(Br)s3)CC2)cc1. The van der Waals surface area contributed by atoms with Crippen molar-refractivity contribution in [2.75, 3.05) is 18.4 Å². The first-order valence-electron chi connectivity index (χ1n) is 8.21. The molecule has 1 fully saturated rings. The van der Waals surface area contributed by atoms with Gasteiger partial charge in [0.2, 0.25) is 15.9 Å². The van der Waals surface area contributed by atoms with E-state index >= 15 is 0 Å². The maximum Gasteiger partial charge on any atom is 0.238 e. The van der Waals surface area contributed by atoms with Crippen LogP contribution in [0.1, 0.15) is 17.7 Å². The first kappa shape index (κ1) is 19.5. The molecule has 3 rings (SSSR count). The molecule has 0 spiro atoms. The van der Waals surface area contributed by atoms with E-state index < -0.39 is 10.0 Å². The van der Waals surface area contributed by atoms with E-state index in [0.29, 0.717) is 5.69 Å². The Morgan fingerprint density at radius 3 is 2.38 bits per heavy atom. The summed E-state index contributed by atoms with van der Waals surface area (Å²) in [6, 6.07) is 10.1. The Bertz CT molecular complexity index is 873. The van der Waals surface area contributed by atoms with Crippen molar-refractivity contribution in [2.45, 2.75) is 24.3 Å². The molecule has 2 heterocycles. The number of benzene rings is 1. The Morgan fingerprint density at radius 1 is 1.19 bits per heavy atom. The number of hydrogen-bond acceptors (Lipinski definition) is 5. The Labute approximate surface area is 165 Å². The summed E-state index contributed by atoms with van der Waals surface area (Å²) in [6.45, 7) is 2.69. The predicted octanol–water partition coefficient (Wildman–Crippen LogP) is 3.01. The molecule has 1 aliphatic rings. The first-order valence-corrected chi connectivity index (χ1v) is 11.4. The van der Waals surface area contributed by atoms with E-state index in [1.807, 2.05) is 0 Å². The number of anilines is 1. The summed E-state index contributed by atoms with van der Waals surface area (Å²) < 4.78 is 23.7. The number of thiophene rings is 1. The number of nitrogens with zero attached hydrogens (tertiary/aromatic N) is 1. The number of primary sulfonamides is 1. The van der Waals surface area contributed by atoms with Gasteiger partial charge >= 0.3 is 0 Å².